The molecule has 0 aliphatic heterocycles. The quantitative estimate of drug-likeness (QED) is 0.544. The fraction of sp³-hybridized carbons (Fsp3) is 1.00. The number of hydrogen-bond acceptors (Lipinski definition) is 1. The lowest BCUT2D eigenvalue weighted by molar-refractivity contribution is -0.101. The smallest absolute Gasteiger partial charge is 0.270 e. The summed E-state index contributed by atoms with van der Waals surface area (Å²) in [6.45, 7) is 2.17. The maximum absolute atomic E-state index is 12.0. The van der Waals surface area contributed by atoms with Crippen LogP contribution in [0.5, 0.6) is 0 Å². The van der Waals surface area contributed by atoms with E-state index in [9.17, 15) is 8.78 Å². The van der Waals surface area contributed by atoms with Crippen LogP contribution < -0.4 is 0 Å². The Morgan fingerprint density at radius 1 is 1.50 bits per heavy atom. The molecule has 0 saturated heterocycles. The van der Waals surface area contributed by atoms with Gasteiger partial charge in [0.1, 0.15) is 6.10 Å². The van der Waals surface area contributed by atoms with Crippen molar-refractivity contribution in [1.29, 1.82) is 0 Å². The highest BCUT2D eigenvalue weighted by molar-refractivity contribution is 4.65. The summed E-state index contributed by atoms with van der Waals surface area (Å²) in [6.07, 6.45) is -0.984. The summed E-state index contributed by atoms with van der Waals surface area (Å²) < 4.78 is 28.3. The van der Waals surface area contributed by atoms with Crippen molar-refractivity contribution in [1.82, 2.24) is 0 Å². The molecule has 0 aromatic heterocycles. The van der Waals surface area contributed by atoms with Crippen molar-refractivity contribution in [3.8, 4) is 0 Å². The Labute approximate surface area is 47.6 Å². The molecule has 0 spiro atoms. The third-order valence-corrected chi connectivity index (χ3v) is 1.07. The van der Waals surface area contributed by atoms with Crippen LogP contribution in [-0.4, -0.2) is 19.1 Å². The Morgan fingerprint density at radius 3 is 1.88 bits per heavy atom. The Balaban J connectivity index is 3.62. The van der Waals surface area contributed by atoms with E-state index in [-0.39, 0.29) is 0 Å². The number of ether oxygens (including phenoxy) is 1. The van der Waals surface area contributed by atoms with E-state index >= 15 is 0 Å². The van der Waals surface area contributed by atoms with E-state index in [0.717, 1.165) is 6.92 Å². The molecule has 0 N–H and O–H groups in total. The number of alkyl halides is 2. The molecular weight excluding hydrogens is 114 g/mol. The molecular formula is C5H10F2O. The van der Waals surface area contributed by atoms with E-state index < -0.39 is 12.0 Å². The van der Waals surface area contributed by atoms with Gasteiger partial charge in [-0.05, 0) is 6.92 Å². The van der Waals surface area contributed by atoms with Crippen LogP contribution in [0, 0.1) is 0 Å². The van der Waals surface area contributed by atoms with Gasteiger partial charge in [-0.1, -0.05) is 0 Å². The minimum atomic E-state index is -2.71. The summed E-state index contributed by atoms with van der Waals surface area (Å²) in [5.41, 5.74) is 0. The molecule has 1 atom stereocenters. The molecule has 50 valence electrons. The minimum Gasteiger partial charge on any atom is -0.376 e. The van der Waals surface area contributed by atoms with Gasteiger partial charge in [0, 0.05) is 14.0 Å². The first-order valence-corrected chi connectivity index (χ1v) is 2.39. The molecule has 0 aromatic carbocycles. The predicted octanol–water partition coefficient (Wildman–Crippen LogP) is 1.68. The van der Waals surface area contributed by atoms with E-state index in [4.69, 9.17) is 0 Å². The van der Waals surface area contributed by atoms with Crippen LogP contribution in [0.3, 0.4) is 0 Å². The summed E-state index contributed by atoms with van der Waals surface area (Å²) in [4.78, 5) is 0. The van der Waals surface area contributed by atoms with Crippen molar-refractivity contribution in [2.45, 2.75) is 25.9 Å². The largest absolute Gasteiger partial charge is 0.376 e. The molecule has 0 aliphatic rings. The zero-order valence-corrected chi connectivity index (χ0v) is 5.24. The van der Waals surface area contributed by atoms with E-state index in [1.807, 2.05) is 0 Å². The summed E-state index contributed by atoms with van der Waals surface area (Å²) in [6, 6.07) is 0. The van der Waals surface area contributed by atoms with Crippen LogP contribution >= 0.6 is 0 Å². The van der Waals surface area contributed by atoms with Crippen LogP contribution in [-0.2, 0) is 4.74 Å². The van der Waals surface area contributed by atoms with Crippen molar-refractivity contribution in [3.05, 3.63) is 0 Å². The van der Waals surface area contributed by atoms with Gasteiger partial charge in [-0.2, -0.15) is 0 Å². The molecule has 0 saturated carbocycles. The van der Waals surface area contributed by atoms with Gasteiger partial charge in [-0.25, -0.2) is 8.78 Å². The van der Waals surface area contributed by atoms with Crippen molar-refractivity contribution in [3.63, 3.8) is 0 Å². The zero-order valence-electron chi connectivity index (χ0n) is 5.24. The molecule has 0 rings (SSSR count). The first-order chi connectivity index (χ1) is 3.48. The number of rotatable bonds is 2. The van der Waals surface area contributed by atoms with Crippen LogP contribution in [0.25, 0.3) is 0 Å². The monoisotopic (exact) mass is 124 g/mol. The molecule has 0 fully saturated rings. The lowest BCUT2D eigenvalue weighted by Gasteiger charge is -2.16. The van der Waals surface area contributed by atoms with Crippen LogP contribution in [0.2, 0.25) is 0 Å². The molecule has 0 amide bonds. The van der Waals surface area contributed by atoms with Crippen molar-refractivity contribution >= 4 is 0 Å². The van der Waals surface area contributed by atoms with Gasteiger partial charge in [-0.15, -0.1) is 0 Å². The average molecular weight is 124 g/mol. The molecule has 3 heteroatoms. The molecule has 0 unspecified atom stereocenters. The Morgan fingerprint density at radius 2 is 1.88 bits per heavy atom. The Bertz CT molecular complexity index is 67.3. The molecule has 1 nitrogen and oxygen atoms in total. The van der Waals surface area contributed by atoms with Crippen molar-refractivity contribution < 1.29 is 13.5 Å². The highest BCUT2D eigenvalue weighted by Gasteiger charge is 2.29. The summed E-state index contributed by atoms with van der Waals surface area (Å²) >= 11 is 0. The lowest BCUT2D eigenvalue weighted by Crippen LogP contribution is -2.28. The topological polar surface area (TPSA) is 9.23 Å². The van der Waals surface area contributed by atoms with Gasteiger partial charge >= 0.3 is 0 Å². The Kier molecular flexibility index (Phi) is 2.34. The fourth-order valence-corrected chi connectivity index (χ4v) is 0.207. The first-order valence-electron chi connectivity index (χ1n) is 2.39. The van der Waals surface area contributed by atoms with E-state index in [1.54, 1.807) is 0 Å². The SMILES string of the molecule is CO[C@H](C)C(C)(F)F. The highest BCUT2D eigenvalue weighted by Crippen LogP contribution is 2.18. The second-order valence-corrected chi connectivity index (χ2v) is 1.83. The van der Waals surface area contributed by atoms with Crippen molar-refractivity contribution in [2.24, 2.45) is 0 Å². The summed E-state index contributed by atoms with van der Waals surface area (Å²) in [7, 11) is 1.27. The standard InChI is InChI=1S/C5H10F2O/c1-4(8-3)5(2,6)7/h4H,1-3H3/t4-/m1/s1. The number of hydrogen-bond donors (Lipinski definition) is 0. The molecule has 0 heterocycles. The van der Waals surface area contributed by atoms with Gasteiger partial charge < -0.3 is 4.74 Å². The molecule has 0 bridgehead atoms. The van der Waals surface area contributed by atoms with Gasteiger partial charge in [0.2, 0.25) is 0 Å². The van der Waals surface area contributed by atoms with Gasteiger partial charge in [0.05, 0.1) is 0 Å². The normalized spacial score (nSPS) is 16.1. The van der Waals surface area contributed by atoms with Crippen LogP contribution in [0.4, 0.5) is 8.78 Å². The van der Waals surface area contributed by atoms with Gasteiger partial charge in [0.15, 0.2) is 0 Å². The average Bonchev–Trinajstić information content (AvgIpc) is 1.62. The zero-order chi connectivity index (χ0) is 6.78. The second-order valence-electron chi connectivity index (χ2n) is 1.83. The van der Waals surface area contributed by atoms with Gasteiger partial charge in [-0.3, -0.25) is 0 Å². The Hall–Kier alpha value is -0.180. The van der Waals surface area contributed by atoms with Gasteiger partial charge in [0.25, 0.3) is 5.92 Å². The van der Waals surface area contributed by atoms with Crippen LogP contribution in [0.1, 0.15) is 13.8 Å². The van der Waals surface area contributed by atoms with E-state index in [1.165, 1.54) is 14.0 Å². The third kappa shape index (κ3) is 2.21. The predicted molar refractivity (Wildman–Crippen MR) is 27.1 cm³/mol. The summed E-state index contributed by atoms with van der Waals surface area (Å²) in [5, 5.41) is 0. The lowest BCUT2D eigenvalue weighted by atomic mass is 10.2. The third-order valence-electron chi connectivity index (χ3n) is 1.07. The fourth-order valence-electron chi connectivity index (χ4n) is 0.207. The first kappa shape index (κ1) is 7.82. The van der Waals surface area contributed by atoms with Crippen LogP contribution in [0.15, 0.2) is 0 Å². The second kappa shape index (κ2) is 2.40. The summed E-state index contributed by atoms with van der Waals surface area (Å²) in [5.74, 6) is -2.71. The maximum atomic E-state index is 12.0. The van der Waals surface area contributed by atoms with E-state index in [2.05, 4.69) is 4.74 Å². The maximum Gasteiger partial charge on any atom is 0.270 e. The van der Waals surface area contributed by atoms with Crippen molar-refractivity contribution in [2.75, 3.05) is 7.11 Å². The molecule has 0 radical (unpaired) electrons. The number of halogens is 2. The molecule has 0 aromatic rings. The highest BCUT2D eigenvalue weighted by atomic mass is 19.3. The van der Waals surface area contributed by atoms with E-state index in [0.29, 0.717) is 0 Å². The molecule has 8 heavy (non-hydrogen) atoms. The molecule has 0 aliphatic carbocycles. The minimum absolute atomic E-state index is 0.834. The number of methoxy groups -OCH3 is 1.